The Kier molecular flexibility index (Phi) is 3.83. The van der Waals surface area contributed by atoms with Gasteiger partial charge in [-0.15, -0.1) is 0 Å². The van der Waals surface area contributed by atoms with Crippen molar-refractivity contribution < 1.29 is 19.4 Å². The smallest absolute Gasteiger partial charge is 0.331 e. The summed E-state index contributed by atoms with van der Waals surface area (Å²) in [6.07, 6.45) is -0.179. The molecule has 0 unspecified atom stereocenters. The second kappa shape index (κ2) is 5.11. The summed E-state index contributed by atoms with van der Waals surface area (Å²) in [6.45, 7) is 3.31. The van der Waals surface area contributed by atoms with Crippen molar-refractivity contribution in [1.82, 2.24) is 0 Å². The number of carboxylic acids is 1. The molecule has 0 aliphatic rings. The van der Waals surface area contributed by atoms with E-state index >= 15 is 0 Å². The van der Waals surface area contributed by atoms with E-state index in [1.165, 1.54) is 7.11 Å². The molecule has 84 valence electrons. The zero-order valence-corrected chi connectivity index (χ0v) is 8.90. The molecule has 0 fully saturated rings. The van der Waals surface area contributed by atoms with Crippen LogP contribution in [0.25, 0.3) is 0 Å². The molecule has 0 radical (unpaired) electrons. The fraction of sp³-hybridized carbons (Fsp3) is 0.167. The molecule has 1 aromatic carbocycles. The zero-order chi connectivity index (χ0) is 12.1. The van der Waals surface area contributed by atoms with Crippen molar-refractivity contribution in [2.45, 2.75) is 6.42 Å². The van der Waals surface area contributed by atoms with E-state index < -0.39 is 5.97 Å². The van der Waals surface area contributed by atoms with Gasteiger partial charge in [-0.05, 0) is 24.3 Å². The van der Waals surface area contributed by atoms with Gasteiger partial charge >= 0.3 is 5.97 Å². The minimum atomic E-state index is -1.15. The lowest BCUT2D eigenvalue weighted by Crippen LogP contribution is -2.06. The fourth-order valence-electron chi connectivity index (χ4n) is 1.15. The van der Waals surface area contributed by atoms with Crippen molar-refractivity contribution in [2.75, 3.05) is 7.11 Å². The lowest BCUT2D eigenvalue weighted by molar-refractivity contribution is -0.132. The summed E-state index contributed by atoms with van der Waals surface area (Å²) in [6, 6.07) is 6.49. The highest BCUT2D eigenvalue weighted by atomic mass is 16.5. The molecule has 16 heavy (non-hydrogen) atoms. The summed E-state index contributed by atoms with van der Waals surface area (Å²) in [5.41, 5.74) is 0.337. The number of methoxy groups -OCH3 is 1. The molecule has 4 heteroatoms. The van der Waals surface area contributed by atoms with E-state index in [1.54, 1.807) is 24.3 Å². The predicted molar refractivity (Wildman–Crippen MR) is 58.7 cm³/mol. The number of benzene rings is 1. The van der Waals surface area contributed by atoms with E-state index in [1.807, 2.05) is 0 Å². The monoisotopic (exact) mass is 220 g/mol. The third-order valence-electron chi connectivity index (χ3n) is 2.09. The number of aliphatic carboxylic acids is 1. The number of ether oxygens (including phenoxy) is 1. The summed E-state index contributed by atoms with van der Waals surface area (Å²) in [5.74, 6) is -0.773. The van der Waals surface area contributed by atoms with Gasteiger partial charge in [-0.1, -0.05) is 6.58 Å². The van der Waals surface area contributed by atoms with Gasteiger partial charge in [0.15, 0.2) is 5.78 Å². The van der Waals surface area contributed by atoms with Gasteiger partial charge in [0, 0.05) is 17.6 Å². The molecule has 0 aromatic heterocycles. The second-order valence-electron chi connectivity index (χ2n) is 3.24. The van der Waals surface area contributed by atoms with Gasteiger partial charge in [-0.3, -0.25) is 4.79 Å². The van der Waals surface area contributed by atoms with Gasteiger partial charge in [0.1, 0.15) is 5.75 Å². The van der Waals surface area contributed by atoms with Crippen LogP contribution in [0.15, 0.2) is 36.4 Å². The Morgan fingerprint density at radius 2 is 1.88 bits per heavy atom. The standard InChI is InChI=1S/C12H12O4/c1-8(12(14)15)7-11(13)9-3-5-10(16-2)6-4-9/h3-6H,1,7H2,2H3,(H,14,15). The molecule has 0 saturated heterocycles. The second-order valence-corrected chi connectivity index (χ2v) is 3.24. The van der Waals surface area contributed by atoms with Crippen molar-refractivity contribution in [2.24, 2.45) is 0 Å². The first-order chi connectivity index (χ1) is 7.54. The molecule has 1 N–H and O–H groups in total. The van der Waals surface area contributed by atoms with E-state index in [0.717, 1.165) is 0 Å². The van der Waals surface area contributed by atoms with Crippen molar-refractivity contribution in [1.29, 1.82) is 0 Å². The maximum atomic E-state index is 11.6. The number of ketones is 1. The van der Waals surface area contributed by atoms with Gasteiger partial charge in [0.25, 0.3) is 0 Å². The molecule has 0 saturated carbocycles. The molecular formula is C12H12O4. The first-order valence-electron chi connectivity index (χ1n) is 4.63. The highest BCUT2D eigenvalue weighted by Crippen LogP contribution is 2.14. The molecular weight excluding hydrogens is 208 g/mol. The van der Waals surface area contributed by atoms with Crippen molar-refractivity contribution in [3.05, 3.63) is 42.0 Å². The summed E-state index contributed by atoms with van der Waals surface area (Å²) in [4.78, 5) is 22.1. The Morgan fingerprint density at radius 1 is 1.31 bits per heavy atom. The van der Waals surface area contributed by atoms with Crippen LogP contribution in [0.5, 0.6) is 5.75 Å². The molecule has 1 aromatic rings. The molecule has 0 heterocycles. The predicted octanol–water partition coefficient (Wildman–Crippen LogP) is 1.91. The first kappa shape index (κ1) is 12.0. The number of carboxylic acid groups (broad SMARTS) is 1. The summed E-state index contributed by atoms with van der Waals surface area (Å²) >= 11 is 0. The third kappa shape index (κ3) is 2.95. The van der Waals surface area contributed by atoms with Crippen molar-refractivity contribution in [3.8, 4) is 5.75 Å². The Morgan fingerprint density at radius 3 is 2.31 bits per heavy atom. The Bertz CT molecular complexity index is 417. The highest BCUT2D eigenvalue weighted by molar-refractivity contribution is 6.02. The lowest BCUT2D eigenvalue weighted by Gasteiger charge is -2.02. The Balaban J connectivity index is 2.73. The van der Waals surface area contributed by atoms with Crippen LogP contribution in [0, 0.1) is 0 Å². The van der Waals surface area contributed by atoms with Crippen molar-refractivity contribution >= 4 is 11.8 Å². The van der Waals surface area contributed by atoms with Crippen LogP contribution in [0.3, 0.4) is 0 Å². The highest BCUT2D eigenvalue weighted by Gasteiger charge is 2.12. The minimum absolute atomic E-state index is 0.110. The number of carbonyl (C=O) groups excluding carboxylic acids is 1. The molecule has 1 rings (SSSR count). The normalized spacial score (nSPS) is 9.56. The number of hydrogen-bond donors (Lipinski definition) is 1. The van der Waals surface area contributed by atoms with E-state index in [-0.39, 0.29) is 17.8 Å². The maximum absolute atomic E-state index is 11.6. The molecule has 0 spiro atoms. The first-order valence-corrected chi connectivity index (χ1v) is 4.63. The summed E-state index contributed by atoms with van der Waals surface area (Å²) in [7, 11) is 1.53. The molecule has 0 aliphatic carbocycles. The van der Waals surface area contributed by atoms with Crippen molar-refractivity contribution in [3.63, 3.8) is 0 Å². The third-order valence-corrected chi connectivity index (χ3v) is 2.09. The minimum Gasteiger partial charge on any atom is -0.497 e. The molecule has 0 amide bonds. The van der Waals surface area contributed by atoms with Gasteiger partial charge < -0.3 is 9.84 Å². The summed E-state index contributed by atoms with van der Waals surface area (Å²) in [5, 5.41) is 8.59. The van der Waals surface area contributed by atoms with Crippen LogP contribution in [0.1, 0.15) is 16.8 Å². The molecule has 0 atom stereocenters. The maximum Gasteiger partial charge on any atom is 0.331 e. The van der Waals surface area contributed by atoms with Gasteiger partial charge in [0.2, 0.25) is 0 Å². The number of hydrogen-bond acceptors (Lipinski definition) is 3. The topological polar surface area (TPSA) is 63.6 Å². The van der Waals surface area contributed by atoms with E-state index in [9.17, 15) is 9.59 Å². The average Bonchev–Trinajstić information content (AvgIpc) is 2.28. The quantitative estimate of drug-likeness (QED) is 0.608. The summed E-state index contributed by atoms with van der Waals surface area (Å²) < 4.78 is 4.95. The molecule has 4 nitrogen and oxygen atoms in total. The van der Waals surface area contributed by atoms with Crippen LogP contribution >= 0.6 is 0 Å². The Hall–Kier alpha value is -2.10. The van der Waals surface area contributed by atoms with Crippen LogP contribution < -0.4 is 4.74 Å². The fourth-order valence-corrected chi connectivity index (χ4v) is 1.15. The van der Waals surface area contributed by atoms with E-state index in [4.69, 9.17) is 9.84 Å². The van der Waals surface area contributed by atoms with E-state index in [0.29, 0.717) is 11.3 Å². The van der Waals surface area contributed by atoms with Crippen LogP contribution in [0.2, 0.25) is 0 Å². The van der Waals surface area contributed by atoms with Crippen LogP contribution in [0.4, 0.5) is 0 Å². The van der Waals surface area contributed by atoms with Gasteiger partial charge in [-0.2, -0.15) is 0 Å². The zero-order valence-electron chi connectivity index (χ0n) is 8.90. The van der Waals surface area contributed by atoms with Crippen LogP contribution in [-0.2, 0) is 4.79 Å². The Labute approximate surface area is 93.2 Å². The average molecular weight is 220 g/mol. The number of Topliss-reactive ketones (excluding diaryl/α,β-unsaturated/α-hetero) is 1. The molecule has 0 bridgehead atoms. The molecule has 0 aliphatic heterocycles. The van der Waals surface area contributed by atoms with Crippen LogP contribution in [-0.4, -0.2) is 24.0 Å². The largest absolute Gasteiger partial charge is 0.497 e. The van der Waals surface area contributed by atoms with Gasteiger partial charge in [0.05, 0.1) is 7.11 Å². The van der Waals surface area contributed by atoms with Gasteiger partial charge in [-0.25, -0.2) is 4.79 Å². The lowest BCUT2D eigenvalue weighted by atomic mass is 10.0. The number of rotatable bonds is 5. The number of carbonyl (C=O) groups is 2. The van der Waals surface area contributed by atoms with E-state index in [2.05, 4.69) is 6.58 Å². The SMILES string of the molecule is C=C(CC(=O)c1ccc(OC)cc1)C(=O)O.